The van der Waals surface area contributed by atoms with Crippen molar-refractivity contribution in [1.29, 1.82) is 0 Å². The number of allylic oxidation sites excluding steroid dienone is 3. The van der Waals surface area contributed by atoms with Crippen LogP contribution in [0.3, 0.4) is 0 Å². The zero-order chi connectivity index (χ0) is 24.6. The smallest absolute Gasteiger partial charge is 0.393 e. The Labute approximate surface area is 194 Å². The molecule has 1 unspecified atom stereocenters. The molecule has 9 heteroatoms. The minimum absolute atomic E-state index is 0.146. The van der Waals surface area contributed by atoms with Crippen LogP contribution in [-0.2, 0) is 6.18 Å². The van der Waals surface area contributed by atoms with Crippen LogP contribution in [0.5, 0.6) is 0 Å². The largest absolute Gasteiger partial charge is 0.416 e. The lowest BCUT2D eigenvalue weighted by molar-refractivity contribution is -0.137. The number of nitrogens with two attached hydrogens (primary N) is 1. The van der Waals surface area contributed by atoms with Crippen molar-refractivity contribution in [1.82, 2.24) is 9.80 Å². The van der Waals surface area contributed by atoms with Crippen LogP contribution < -0.4 is 5.73 Å². The lowest BCUT2D eigenvalue weighted by Crippen LogP contribution is -2.34. The molecule has 0 saturated carbocycles. The third kappa shape index (κ3) is 8.33. The third-order valence-electron chi connectivity index (χ3n) is 5.83. The fourth-order valence-corrected chi connectivity index (χ4v) is 3.54. The fourth-order valence-electron chi connectivity index (χ4n) is 3.54. The van der Waals surface area contributed by atoms with Gasteiger partial charge in [0.1, 0.15) is 11.7 Å². The number of alkyl halides is 3. The van der Waals surface area contributed by atoms with Crippen LogP contribution in [0.15, 0.2) is 58.2 Å². The topological polar surface area (TPSA) is 77.4 Å². The predicted octanol–water partition coefficient (Wildman–Crippen LogP) is 4.00. The van der Waals surface area contributed by atoms with Crippen molar-refractivity contribution in [3.63, 3.8) is 0 Å². The Morgan fingerprint density at radius 1 is 1.27 bits per heavy atom. The van der Waals surface area contributed by atoms with Gasteiger partial charge < -0.3 is 15.7 Å². The Morgan fingerprint density at radius 3 is 2.42 bits per heavy atom. The highest BCUT2D eigenvalue weighted by Crippen LogP contribution is 2.30. The SMILES string of the molecule is CN=C(/C=C\C=C(/C)N1CCC(O)CC1)N=C(N)CN(C)C(C)c1ccc(C(F)(F)F)cc1. The molecule has 1 atom stereocenters. The summed E-state index contributed by atoms with van der Waals surface area (Å²) in [4.78, 5) is 12.7. The summed E-state index contributed by atoms with van der Waals surface area (Å²) in [7, 11) is 3.47. The number of hydrogen-bond acceptors (Lipinski definition) is 4. The molecule has 1 aliphatic rings. The van der Waals surface area contributed by atoms with Crippen molar-refractivity contribution in [3.05, 3.63) is 59.3 Å². The first kappa shape index (κ1) is 26.6. The summed E-state index contributed by atoms with van der Waals surface area (Å²) in [5.74, 6) is 0.827. The minimum Gasteiger partial charge on any atom is -0.393 e. The lowest BCUT2D eigenvalue weighted by Gasteiger charge is -2.31. The van der Waals surface area contributed by atoms with E-state index < -0.39 is 11.7 Å². The zero-order valence-corrected chi connectivity index (χ0v) is 19.7. The lowest BCUT2D eigenvalue weighted by atomic mass is 10.0. The number of aliphatic hydroxyl groups excluding tert-OH is 1. The highest BCUT2D eigenvalue weighted by molar-refractivity contribution is 6.02. The van der Waals surface area contributed by atoms with Gasteiger partial charge in [-0.2, -0.15) is 13.2 Å². The van der Waals surface area contributed by atoms with Crippen molar-refractivity contribution >= 4 is 11.7 Å². The molecule has 1 aliphatic heterocycles. The third-order valence-corrected chi connectivity index (χ3v) is 5.83. The van der Waals surface area contributed by atoms with E-state index in [2.05, 4.69) is 14.9 Å². The van der Waals surface area contributed by atoms with Gasteiger partial charge in [0.05, 0.1) is 18.2 Å². The molecular formula is C24H34F3N5O. The quantitative estimate of drug-likeness (QED) is 0.363. The van der Waals surface area contributed by atoms with Gasteiger partial charge in [-0.1, -0.05) is 18.2 Å². The van der Waals surface area contributed by atoms with E-state index in [-0.39, 0.29) is 12.1 Å². The molecule has 0 bridgehead atoms. The molecule has 2 rings (SSSR count). The second kappa shape index (κ2) is 12.0. The van der Waals surface area contributed by atoms with Gasteiger partial charge in [-0.25, -0.2) is 4.99 Å². The Balaban J connectivity index is 1.95. The Kier molecular flexibility index (Phi) is 9.67. The molecule has 1 heterocycles. The number of aliphatic hydroxyl groups is 1. The number of halogens is 3. The monoisotopic (exact) mass is 465 g/mol. The standard InChI is InChI=1S/C24H34F3N5O/c1-17(32-14-12-21(33)13-15-32)6-5-7-23(29-3)30-22(28)16-31(4)18(2)19-8-10-20(11-9-19)24(25,26)27/h5-11,18,21,33H,12-16H2,1-4H3,(H2,28,29,30)/b7-5-,17-6+. The summed E-state index contributed by atoms with van der Waals surface area (Å²) in [5, 5.41) is 9.63. The van der Waals surface area contributed by atoms with Crippen LogP contribution in [0.1, 0.15) is 43.9 Å². The molecular weight excluding hydrogens is 431 g/mol. The molecule has 1 saturated heterocycles. The molecule has 0 amide bonds. The first-order valence-corrected chi connectivity index (χ1v) is 11.0. The number of hydrogen-bond donors (Lipinski definition) is 2. The van der Waals surface area contributed by atoms with Crippen molar-refractivity contribution in [3.8, 4) is 0 Å². The number of benzene rings is 1. The second-order valence-electron chi connectivity index (χ2n) is 8.28. The van der Waals surface area contributed by atoms with Gasteiger partial charge in [-0.05, 0) is 63.6 Å². The summed E-state index contributed by atoms with van der Waals surface area (Å²) in [6, 6.07) is 5.00. The van der Waals surface area contributed by atoms with Gasteiger partial charge >= 0.3 is 6.18 Å². The van der Waals surface area contributed by atoms with E-state index in [4.69, 9.17) is 5.73 Å². The van der Waals surface area contributed by atoms with E-state index in [0.717, 1.165) is 49.3 Å². The van der Waals surface area contributed by atoms with Gasteiger partial charge in [-0.15, -0.1) is 0 Å². The molecule has 6 nitrogen and oxygen atoms in total. The molecule has 0 radical (unpaired) electrons. The number of likely N-dealkylation sites (N-methyl/N-ethyl adjacent to an activating group) is 1. The fraction of sp³-hybridized carbons (Fsp3) is 0.500. The van der Waals surface area contributed by atoms with Crippen LogP contribution >= 0.6 is 0 Å². The first-order valence-electron chi connectivity index (χ1n) is 11.0. The van der Waals surface area contributed by atoms with Gasteiger partial charge in [-0.3, -0.25) is 9.89 Å². The summed E-state index contributed by atoms with van der Waals surface area (Å²) in [6.07, 6.45) is 2.61. The maximum absolute atomic E-state index is 12.8. The number of likely N-dealkylation sites (tertiary alicyclic amines) is 1. The molecule has 1 aromatic carbocycles. The molecule has 1 aromatic rings. The summed E-state index contributed by atoms with van der Waals surface area (Å²) in [5.41, 5.74) is 7.31. The average Bonchev–Trinajstić information content (AvgIpc) is 2.77. The highest BCUT2D eigenvalue weighted by Gasteiger charge is 2.30. The zero-order valence-electron chi connectivity index (χ0n) is 19.7. The van der Waals surface area contributed by atoms with Gasteiger partial charge in [0, 0.05) is 31.9 Å². The van der Waals surface area contributed by atoms with Crippen molar-refractivity contribution in [2.75, 3.05) is 33.7 Å². The summed E-state index contributed by atoms with van der Waals surface area (Å²) < 4.78 is 38.3. The van der Waals surface area contributed by atoms with Crippen molar-refractivity contribution in [2.45, 2.75) is 45.0 Å². The summed E-state index contributed by atoms with van der Waals surface area (Å²) >= 11 is 0. The number of aliphatic imine (C=N–C) groups is 2. The predicted molar refractivity (Wildman–Crippen MR) is 127 cm³/mol. The second-order valence-corrected chi connectivity index (χ2v) is 8.28. The normalized spacial score (nSPS) is 18.5. The number of rotatable bonds is 7. The van der Waals surface area contributed by atoms with Gasteiger partial charge in [0.15, 0.2) is 0 Å². The number of piperidine rings is 1. The average molecular weight is 466 g/mol. The van der Waals surface area contributed by atoms with E-state index in [1.54, 1.807) is 13.1 Å². The maximum Gasteiger partial charge on any atom is 0.416 e. The van der Waals surface area contributed by atoms with E-state index >= 15 is 0 Å². The van der Waals surface area contributed by atoms with Crippen LogP contribution in [-0.4, -0.2) is 66.4 Å². The summed E-state index contributed by atoms with van der Waals surface area (Å²) in [6.45, 7) is 5.93. The van der Waals surface area contributed by atoms with Gasteiger partial charge in [0.25, 0.3) is 0 Å². The van der Waals surface area contributed by atoms with Gasteiger partial charge in [0.2, 0.25) is 0 Å². The van der Waals surface area contributed by atoms with Crippen LogP contribution in [0, 0.1) is 0 Å². The van der Waals surface area contributed by atoms with Crippen molar-refractivity contribution < 1.29 is 18.3 Å². The maximum atomic E-state index is 12.8. The molecule has 3 N–H and O–H groups in total. The molecule has 0 aliphatic carbocycles. The van der Waals surface area contributed by atoms with E-state index in [0.29, 0.717) is 18.2 Å². The van der Waals surface area contributed by atoms with Crippen molar-refractivity contribution in [2.24, 2.45) is 15.7 Å². The van der Waals surface area contributed by atoms with Crippen LogP contribution in [0.4, 0.5) is 13.2 Å². The first-order chi connectivity index (χ1) is 15.5. The highest BCUT2D eigenvalue weighted by atomic mass is 19.4. The van der Waals surface area contributed by atoms with Crippen LogP contribution in [0.2, 0.25) is 0 Å². The Bertz CT molecular complexity index is 882. The molecule has 33 heavy (non-hydrogen) atoms. The molecule has 182 valence electrons. The molecule has 0 spiro atoms. The Hall–Kier alpha value is -2.65. The van der Waals surface area contributed by atoms with E-state index in [1.807, 2.05) is 37.9 Å². The van der Waals surface area contributed by atoms with E-state index in [1.165, 1.54) is 12.1 Å². The molecule has 0 aromatic heterocycles. The minimum atomic E-state index is -4.35. The number of amidine groups is 2. The van der Waals surface area contributed by atoms with Crippen LogP contribution in [0.25, 0.3) is 0 Å². The molecule has 1 fully saturated rings. The Morgan fingerprint density at radius 2 is 1.88 bits per heavy atom. The van der Waals surface area contributed by atoms with E-state index in [9.17, 15) is 18.3 Å². The number of nitrogens with zero attached hydrogens (tertiary/aromatic N) is 4.